The van der Waals surface area contributed by atoms with Gasteiger partial charge < -0.3 is 10.0 Å². The third-order valence-electron chi connectivity index (χ3n) is 7.45. The molecule has 7 nitrogen and oxygen atoms in total. The van der Waals surface area contributed by atoms with Crippen LogP contribution in [-0.2, 0) is 0 Å². The van der Waals surface area contributed by atoms with E-state index in [1.165, 1.54) is 11.3 Å². The number of phenolic OH excluding ortho intramolecular Hbond substituents is 1. The number of phenols is 1. The van der Waals surface area contributed by atoms with Crippen LogP contribution in [0.15, 0.2) is 29.8 Å². The third-order valence-corrected chi connectivity index (χ3v) is 8.34. The Bertz CT molecular complexity index is 1240. The molecule has 3 atom stereocenters. The zero-order valence-electron chi connectivity index (χ0n) is 20.0. The SMILES string of the molecule is CC[C@]1(C)CCC[C@H](F)[C@H](N(c2ncc(-c3ccc(-c4nc(C#N)cs4)cc3O)nn2)C2CC2)C1. The summed E-state index contributed by atoms with van der Waals surface area (Å²) in [4.78, 5) is 10.9. The fourth-order valence-corrected chi connectivity index (χ4v) is 5.77. The van der Waals surface area contributed by atoms with E-state index < -0.39 is 6.17 Å². The van der Waals surface area contributed by atoms with E-state index in [1.807, 2.05) is 12.1 Å². The fourth-order valence-electron chi connectivity index (χ4n) is 5.03. The summed E-state index contributed by atoms with van der Waals surface area (Å²) >= 11 is 1.35. The molecule has 5 rings (SSSR count). The second-order valence-electron chi connectivity index (χ2n) is 10.0. The summed E-state index contributed by atoms with van der Waals surface area (Å²) in [6.45, 7) is 4.46. The van der Waals surface area contributed by atoms with Crippen molar-refractivity contribution in [3.8, 4) is 33.6 Å². The second kappa shape index (κ2) is 9.50. The summed E-state index contributed by atoms with van der Waals surface area (Å²) in [5.74, 6) is 0.498. The lowest BCUT2D eigenvalue weighted by atomic mass is 9.78. The Hall–Kier alpha value is -3.12. The molecule has 0 aliphatic heterocycles. The average molecular weight is 493 g/mol. The number of nitriles is 1. The fraction of sp³-hybridized carbons (Fsp3) is 0.500. The third kappa shape index (κ3) is 4.85. The van der Waals surface area contributed by atoms with Crippen LogP contribution < -0.4 is 4.90 Å². The molecular weight excluding hydrogens is 463 g/mol. The first-order valence-electron chi connectivity index (χ1n) is 12.2. The zero-order valence-corrected chi connectivity index (χ0v) is 20.8. The number of thiazole rings is 1. The van der Waals surface area contributed by atoms with E-state index in [-0.39, 0.29) is 23.2 Å². The van der Waals surface area contributed by atoms with Crippen LogP contribution in [0.25, 0.3) is 21.8 Å². The Kier molecular flexibility index (Phi) is 6.41. The van der Waals surface area contributed by atoms with Gasteiger partial charge in [0.25, 0.3) is 0 Å². The number of rotatable bonds is 6. The van der Waals surface area contributed by atoms with Gasteiger partial charge in [-0.25, -0.2) is 14.4 Å². The summed E-state index contributed by atoms with van der Waals surface area (Å²) in [5.41, 5.74) is 2.14. The molecule has 3 aromatic rings. The van der Waals surface area contributed by atoms with Crippen LogP contribution in [0.5, 0.6) is 5.75 Å². The highest BCUT2D eigenvalue weighted by atomic mass is 32.1. The summed E-state index contributed by atoms with van der Waals surface area (Å²) in [6.07, 6.45) is 7.08. The van der Waals surface area contributed by atoms with Gasteiger partial charge in [-0.15, -0.1) is 21.5 Å². The summed E-state index contributed by atoms with van der Waals surface area (Å²) in [5, 5.41) is 30.8. The van der Waals surface area contributed by atoms with Crippen molar-refractivity contribution in [1.82, 2.24) is 20.2 Å². The van der Waals surface area contributed by atoms with Crippen LogP contribution in [-0.4, -0.2) is 43.5 Å². The Balaban J connectivity index is 1.41. The highest BCUT2D eigenvalue weighted by molar-refractivity contribution is 7.13. The minimum absolute atomic E-state index is 0.0328. The van der Waals surface area contributed by atoms with Gasteiger partial charge in [-0.3, -0.25) is 0 Å². The Morgan fingerprint density at radius 2 is 2.11 bits per heavy atom. The van der Waals surface area contributed by atoms with E-state index in [0.29, 0.717) is 34.3 Å². The van der Waals surface area contributed by atoms with Crippen molar-refractivity contribution in [1.29, 1.82) is 5.26 Å². The predicted octanol–water partition coefficient (Wildman–Crippen LogP) is 5.91. The van der Waals surface area contributed by atoms with Crippen molar-refractivity contribution < 1.29 is 9.50 Å². The number of hydrogen-bond donors (Lipinski definition) is 1. The highest BCUT2D eigenvalue weighted by Crippen LogP contribution is 2.44. The summed E-state index contributed by atoms with van der Waals surface area (Å²) in [7, 11) is 0. The molecule has 9 heteroatoms. The number of alkyl halides is 1. The lowest BCUT2D eigenvalue weighted by molar-refractivity contribution is 0.208. The van der Waals surface area contributed by atoms with Gasteiger partial charge in [-0.05, 0) is 56.1 Å². The highest BCUT2D eigenvalue weighted by Gasteiger charge is 2.44. The molecule has 1 N–H and O–H groups in total. The molecule has 0 unspecified atom stereocenters. The molecule has 2 fully saturated rings. The summed E-state index contributed by atoms with van der Waals surface area (Å²) in [6, 6.07) is 7.21. The van der Waals surface area contributed by atoms with Crippen molar-refractivity contribution in [2.75, 3.05) is 4.90 Å². The zero-order chi connectivity index (χ0) is 24.6. The van der Waals surface area contributed by atoms with Crippen molar-refractivity contribution >= 4 is 17.3 Å². The first kappa shape index (κ1) is 23.6. The molecule has 2 saturated carbocycles. The molecule has 0 saturated heterocycles. The van der Waals surface area contributed by atoms with Crippen LogP contribution >= 0.6 is 11.3 Å². The van der Waals surface area contributed by atoms with Gasteiger partial charge in [0.15, 0.2) is 5.69 Å². The van der Waals surface area contributed by atoms with Crippen molar-refractivity contribution in [3.63, 3.8) is 0 Å². The first-order valence-corrected chi connectivity index (χ1v) is 13.1. The molecule has 0 spiro atoms. The van der Waals surface area contributed by atoms with Crippen molar-refractivity contribution in [2.24, 2.45) is 5.41 Å². The molecule has 0 radical (unpaired) electrons. The van der Waals surface area contributed by atoms with Crippen LogP contribution in [0.2, 0.25) is 0 Å². The minimum Gasteiger partial charge on any atom is -0.507 e. The topological polar surface area (TPSA) is 98.8 Å². The molecule has 2 aromatic heterocycles. The van der Waals surface area contributed by atoms with E-state index >= 15 is 4.39 Å². The van der Waals surface area contributed by atoms with E-state index in [2.05, 4.69) is 38.9 Å². The Morgan fingerprint density at radius 3 is 2.74 bits per heavy atom. The number of aromatic hydroxyl groups is 1. The normalized spacial score (nSPS) is 24.5. The van der Waals surface area contributed by atoms with E-state index in [0.717, 1.165) is 44.1 Å². The molecule has 35 heavy (non-hydrogen) atoms. The minimum atomic E-state index is -0.906. The van der Waals surface area contributed by atoms with Crippen LogP contribution in [0.4, 0.5) is 10.3 Å². The number of hydrogen-bond acceptors (Lipinski definition) is 8. The molecular formula is C26H29FN6OS. The first-order chi connectivity index (χ1) is 16.9. The van der Waals surface area contributed by atoms with Gasteiger partial charge in [0.05, 0.1) is 12.2 Å². The number of nitrogens with zero attached hydrogens (tertiary/aromatic N) is 6. The lowest BCUT2D eigenvalue weighted by Gasteiger charge is -2.37. The second-order valence-corrected chi connectivity index (χ2v) is 10.9. The maximum Gasteiger partial charge on any atom is 0.245 e. The molecule has 0 bridgehead atoms. The maximum atomic E-state index is 15.3. The molecule has 182 valence electrons. The molecule has 2 aliphatic rings. The van der Waals surface area contributed by atoms with Gasteiger partial charge in [-0.1, -0.05) is 26.3 Å². The van der Waals surface area contributed by atoms with Gasteiger partial charge in [-0.2, -0.15) is 5.26 Å². The number of benzene rings is 1. The molecule has 2 aliphatic carbocycles. The van der Waals surface area contributed by atoms with Gasteiger partial charge in [0.2, 0.25) is 5.95 Å². The van der Waals surface area contributed by atoms with Crippen molar-refractivity contribution in [3.05, 3.63) is 35.5 Å². The van der Waals surface area contributed by atoms with Gasteiger partial charge >= 0.3 is 0 Å². The monoisotopic (exact) mass is 492 g/mol. The van der Waals surface area contributed by atoms with E-state index in [9.17, 15) is 5.11 Å². The Morgan fingerprint density at radius 1 is 1.29 bits per heavy atom. The van der Waals surface area contributed by atoms with Crippen LogP contribution in [0.1, 0.15) is 64.5 Å². The smallest absolute Gasteiger partial charge is 0.245 e. The molecule has 2 heterocycles. The van der Waals surface area contributed by atoms with Crippen LogP contribution in [0.3, 0.4) is 0 Å². The van der Waals surface area contributed by atoms with E-state index in [1.54, 1.807) is 23.7 Å². The van der Waals surface area contributed by atoms with Crippen molar-refractivity contribution in [2.45, 2.75) is 77.0 Å². The Labute approximate surface area is 208 Å². The van der Waals surface area contributed by atoms with Crippen LogP contribution in [0, 0.1) is 16.7 Å². The van der Waals surface area contributed by atoms with Gasteiger partial charge in [0.1, 0.15) is 28.7 Å². The number of aromatic nitrogens is 4. The molecule has 1 aromatic carbocycles. The molecule has 0 amide bonds. The largest absolute Gasteiger partial charge is 0.507 e. The summed E-state index contributed by atoms with van der Waals surface area (Å²) < 4.78 is 15.3. The average Bonchev–Trinajstić information content (AvgIpc) is 3.61. The quantitative estimate of drug-likeness (QED) is 0.427. The lowest BCUT2D eigenvalue weighted by Crippen LogP contribution is -2.46. The number of anilines is 1. The van der Waals surface area contributed by atoms with Gasteiger partial charge in [0, 0.05) is 22.5 Å². The standard InChI is InChI=1S/C26H29FN6OS/c1-3-26(2)10-4-5-20(27)22(12-26)33(18-7-8-18)25-29-14-21(31-32-25)19-9-6-16(11-23(19)34)24-30-17(13-28)15-35-24/h6,9,11,14-15,18,20,22,34H,3-5,7-8,10,12H2,1-2H3/t20-,22+,26+/m0/s1. The predicted molar refractivity (Wildman–Crippen MR) is 134 cm³/mol. The maximum absolute atomic E-state index is 15.3. The number of halogens is 1. The van der Waals surface area contributed by atoms with E-state index in [4.69, 9.17) is 5.26 Å².